The van der Waals surface area contributed by atoms with Crippen molar-refractivity contribution in [3.8, 4) is 0 Å². The molecule has 0 aliphatic heterocycles. The lowest BCUT2D eigenvalue weighted by Crippen LogP contribution is -2.13. The van der Waals surface area contributed by atoms with Crippen LogP contribution in [0.5, 0.6) is 0 Å². The van der Waals surface area contributed by atoms with Gasteiger partial charge in [-0.1, -0.05) is 15.9 Å². The molecule has 7 heteroatoms. The number of nitrogens with one attached hydrogen (secondary N) is 1. The highest BCUT2D eigenvalue weighted by Gasteiger charge is 2.15. The molecule has 0 atom stereocenters. The van der Waals surface area contributed by atoms with Crippen molar-refractivity contribution in [2.45, 2.75) is 4.90 Å². The van der Waals surface area contributed by atoms with Gasteiger partial charge in [0.2, 0.25) is 0 Å². The maximum Gasteiger partial charge on any atom is 0.262 e. The van der Waals surface area contributed by atoms with E-state index >= 15 is 0 Å². The highest BCUT2D eigenvalue weighted by Crippen LogP contribution is 2.21. The van der Waals surface area contributed by atoms with Crippen LogP contribution < -0.4 is 10.5 Å². The maximum absolute atomic E-state index is 13.2. The normalized spacial score (nSPS) is 11.3. The van der Waals surface area contributed by atoms with E-state index in [1.54, 1.807) is 24.3 Å². The smallest absolute Gasteiger partial charge is 0.262 e. The molecule has 0 unspecified atom stereocenters. The summed E-state index contributed by atoms with van der Waals surface area (Å²) in [5.41, 5.74) is 5.86. The van der Waals surface area contributed by atoms with Gasteiger partial charge in [0, 0.05) is 15.8 Å². The van der Waals surface area contributed by atoms with Gasteiger partial charge in [0.1, 0.15) is 5.82 Å². The number of benzene rings is 2. The van der Waals surface area contributed by atoms with Crippen LogP contribution in [-0.2, 0) is 10.0 Å². The molecule has 0 spiro atoms. The number of hydrogen-bond donors (Lipinski definition) is 2. The predicted octanol–water partition coefficient (Wildman–Crippen LogP) is 2.97. The zero-order chi connectivity index (χ0) is 14.0. The second kappa shape index (κ2) is 5.18. The quantitative estimate of drug-likeness (QED) is 0.840. The summed E-state index contributed by atoms with van der Waals surface area (Å²) in [4.78, 5) is -0.215. The molecule has 19 heavy (non-hydrogen) atoms. The van der Waals surface area contributed by atoms with Crippen molar-refractivity contribution < 1.29 is 12.8 Å². The van der Waals surface area contributed by atoms with Gasteiger partial charge in [0.25, 0.3) is 10.0 Å². The fourth-order valence-electron chi connectivity index (χ4n) is 1.47. The number of rotatable bonds is 3. The van der Waals surface area contributed by atoms with E-state index in [0.717, 1.165) is 16.6 Å². The fraction of sp³-hybridized carbons (Fsp3) is 0. The third-order valence-electron chi connectivity index (χ3n) is 2.30. The van der Waals surface area contributed by atoms with Crippen LogP contribution in [0.3, 0.4) is 0 Å². The van der Waals surface area contributed by atoms with Crippen molar-refractivity contribution in [1.82, 2.24) is 0 Å². The lowest BCUT2D eigenvalue weighted by atomic mass is 10.3. The van der Waals surface area contributed by atoms with Crippen LogP contribution in [0.2, 0.25) is 0 Å². The van der Waals surface area contributed by atoms with Crippen molar-refractivity contribution in [2.75, 3.05) is 10.5 Å². The second-order valence-electron chi connectivity index (χ2n) is 3.83. The fourth-order valence-corrected chi connectivity index (χ4v) is 2.86. The van der Waals surface area contributed by atoms with Gasteiger partial charge in [-0.05, 0) is 42.5 Å². The van der Waals surface area contributed by atoms with Crippen LogP contribution in [0, 0.1) is 5.82 Å². The molecular weight excluding hydrogens is 335 g/mol. The molecule has 0 amide bonds. The molecule has 3 N–H and O–H groups in total. The lowest BCUT2D eigenvalue weighted by molar-refractivity contribution is 0.595. The maximum atomic E-state index is 13.2. The van der Waals surface area contributed by atoms with E-state index in [1.165, 1.54) is 6.07 Å². The molecule has 0 radical (unpaired) electrons. The minimum absolute atomic E-state index is 0.0520. The summed E-state index contributed by atoms with van der Waals surface area (Å²) < 4.78 is 40.4. The zero-order valence-corrected chi connectivity index (χ0v) is 12.0. The highest BCUT2D eigenvalue weighted by atomic mass is 79.9. The Morgan fingerprint density at radius 2 is 1.74 bits per heavy atom. The Morgan fingerprint density at radius 3 is 2.32 bits per heavy atom. The van der Waals surface area contributed by atoms with Crippen LogP contribution in [0.4, 0.5) is 15.8 Å². The Kier molecular flexibility index (Phi) is 3.77. The molecule has 0 heterocycles. The van der Waals surface area contributed by atoms with Gasteiger partial charge in [-0.25, -0.2) is 12.8 Å². The van der Waals surface area contributed by atoms with Gasteiger partial charge in [-0.2, -0.15) is 0 Å². The number of anilines is 2. The molecule has 0 aliphatic carbocycles. The number of nitrogen functional groups attached to an aromatic ring is 1. The summed E-state index contributed by atoms with van der Waals surface area (Å²) in [5, 5.41) is 0. The van der Waals surface area contributed by atoms with Gasteiger partial charge >= 0.3 is 0 Å². The first kappa shape index (κ1) is 13.8. The van der Waals surface area contributed by atoms with E-state index in [4.69, 9.17) is 5.73 Å². The molecule has 2 rings (SSSR count). The summed E-state index contributed by atoms with van der Waals surface area (Å²) in [6.07, 6.45) is 0. The number of sulfonamides is 1. The molecule has 2 aromatic carbocycles. The van der Waals surface area contributed by atoms with Gasteiger partial charge in [0.15, 0.2) is 0 Å². The summed E-state index contributed by atoms with van der Waals surface area (Å²) in [6, 6.07) is 9.73. The third-order valence-corrected chi connectivity index (χ3v) is 4.19. The van der Waals surface area contributed by atoms with E-state index in [2.05, 4.69) is 20.7 Å². The summed E-state index contributed by atoms with van der Waals surface area (Å²) in [6.45, 7) is 0. The first-order valence-electron chi connectivity index (χ1n) is 5.21. The second-order valence-corrected chi connectivity index (χ2v) is 6.43. The van der Waals surface area contributed by atoms with E-state index in [-0.39, 0.29) is 10.6 Å². The van der Waals surface area contributed by atoms with Gasteiger partial charge in [-0.3, -0.25) is 4.72 Å². The standard InChI is InChI=1S/C12H10BrFN2O2S/c13-8-1-3-11(4-2-8)16-19(17,18)12-6-9(14)5-10(15)7-12/h1-7,16H,15H2. The average molecular weight is 345 g/mol. The van der Waals surface area contributed by atoms with Crippen molar-refractivity contribution >= 4 is 37.3 Å². The van der Waals surface area contributed by atoms with Crippen LogP contribution >= 0.6 is 15.9 Å². The van der Waals surface area contributed by atoms with Crippen molar-refractivity contribution in [3.05, 3.63) is 52.8 Å². The molecule has 4 nitrogen and oxygen atoms in total. The average Bonchev–Trinajstić information content (AvgIpc) is 2.31. The summed E-state index contributed by atoms with van der Waals surface area (Å²) in [7, 11) is -3.86. The van der Waals surface area contributed by atoms with Gasteiger partial charge in [0.05, 0.1) is 4.90 Å². The van der Waals surface area contributed by atoms with E-state index in [0.29, 0.717) is 5.69 Å². The number of hydrogen-bond acceptors (Lipinski definition) is 3. The van der Waals surface area contributed by atoms with Crippen molar-refractivity contribution in [2.24, 2.45) is 0 Å². The molecule has 0 aromatic heterocycles. The molecule has 0 aliphatic rings. The SMILES string of the molecule is Nc1cc(F)cc(S(=O)(=O)Nc2ccc(Br)cc2)c1. The Bertz CT molecular complexity index is 682. The molecule has 0 fully saturated rings. The van der Waals surface area contributed by atoms with E-state index < -0.39 is 15.8 Å². The topological polar surface area (TPSA) is 72.2 Å². The van der Waals surface area contributed by atoms with Crippen molar-refractivity contribution in [3.63, 3.8) is 0 Å². The monoisotopic (exact) mass is 344 g/mol. The van der Waals surface area contributed by atoms with Crippen LogP contribution in [-0.4, -0.2) is 8.42 Å². The molecule has 0 saturated heterocycles. The molecule has 2 aromatic rings. The minimum atomic E-state index is -3.86. The van der Waals surface area contributed by atoms with Gasteiger partial charge in [-0.15, -0.1) is 0 Å². The van der Waals surface area contributed by atoms with E-state index in [9.17, 15) is 12.8 Å². The van der Waals surface area contributed by atoms with Crippen molar-refractivity contribution in [1.29, 1.82) is 0 Å². The Labute approximate surface area is 118 Å². The molecule has 0 bridgehead atoms. The molecule has 0 saturated carbocycles. The molecule has 100 valence electrons. The predicted molar refractivity (Wildman–Crippen MR) is 75.8 cm³/mol. The molecular formula is C12H10BrFN2O2S. The third kappa shape index (κ3) is 3.45. The van der Waals surface area contributed by atoms with Crippen LogP contribution in [0.25, 0.3) is 0 Å². The Hall–Kier alpha value is -1.60. The summed E-state index contributed by atoms with van der Waals surface area (Å²) >= 11 is 3.25. The first-order chi connectivity index (χ1) is 8.87. The van der Waals surface area contributed by atoms with E-state index in [1.807, 2.05) is 0 Å². The van der Waals surface area contributed by atoms with Crippen LogP contribution in [0.1, 0.15) is 0 Å². The first-order valence-corrected chi connectivity index (χ1v) is 7.49. The van der Waals surface area contributed by atoms with Gasteiger partial charge < -0.3 is 5.73 Å². The lowest BCUT2D eigenvalue weighted by Gasteiger charge is -2.09. The summed E-state index contributed by atoms with van der Waals surface area (Å²) in [5.74, 6) is -0.698. The van der Waals surface area contributed by atoms with Crippen LogP contribution in [0.15, 0.2) is 51.8 Å². The Balaban J connectivity index is 2.34. The number of halogens is 2. The zero-order valence-electron chi connectivity index (χ0n) is 9.60. The largest absolute Gasteiger partial charge is 0.399 e. The highest BCUT2D eigenvalue weighted by molar-refractivity contribution is 9.10. The Morgan fingerprint density at radius 1 is 1.11 bits per heavy atom. The number of nitrogens with two attached hydrogens (primary N) is 1. The minimum Gasteiger partial charge on any atom is -0.399 e.